The number of hydrogen-bond acceptors (Lipinski definition) is 2. The van der Waals surface area contributed by atoms with Gasteiger partial charge in [0.05, 0.1) is 5.33 Å². The Morgan fingerprint density at radius 2 is 2.07 bits per heavy atom. The van der Waals surface area contributed by atoms with Crippen LogP contribution < -0.4 is 0 Å². The van der Waals surface area contributed by atoms with E-state index in [1.807, 2.05) is 12.1 Å². The Morgan fingerprint density at radius 3 is 2.60 bits per heavy atom. The van der Waals surface area contributed by atoms with Crippen LogP contribution in [0.25, 0.3) is 10.4 Å². The van der Waals surface area contributed by atoms with Crippen molar-refractivity contribution < 1.29 is 4.79 Å². The third-order valence-electron chi connectivity index (χ3n) is 1.96. The first-order chi connectivity index (χ1) is 7.27. The summed E-state index contributed by atoms with van der Waals surface area (Å²) in [6.45, 7) is 0.447. The zero-order chi connectivity index (χ0) is 11.1. The summed E-state index contributed by atoms with van der Waals surface area (Å²) >= 11 is 3.12. The quantitative estimate of drug-likeness (QED) is 0.266. The summed E-state index contributed by atoms with van der Waals surface area (Å²) in [5, 5.41) is 3.79. The fraction of sp³-hybridized carbons (Fsp3) is 0.300. The lowest BCUT2D eigenvalue weighted by Crippen LogP contribution is -1.99. The monoisotopic (exact) mass is 267 g/mol. The number of carbonyl (C=O) groups is 1. The molecule has 0 aromatic heterocycles. The molecular formula is C10H10BrN3O. The number of hydrogen-bond donors (Lipinski definition) is 0. The molecular weight excluding hydrogens is 258 g/mol. The number of azide groups is 1. The van der Waals surface area contributed by atoms with E-state index in [9.17, 15) is 4.79 Å². The lowest BCUT2D eigenvalue weighted by molar-refractivity contribution is 0.102. The Kier molecular flexibility index (Phi) is 4.87. The van der Waals surface area contributed by atoms with Crippen LogP contribution in [0, 0.1) is 0 Å². The number of rotatable bonds is 5. The van der Waals surface area contributed by atoms with Crippen LogP contribution in [0.3, 0.4) is 0 Å². The summed E-state index contributed by atoms with van der Waals surface area (Å²) < 4.78 is 0. The Bertz CT molecular complexity index is 382. The van der Waals surface area contributed by atoms with Gasteiger partial charge in [-0.15, -0.1) is 0 Å². The molecule has 78 valence electrons. The van der Waals surface area contributed by atoms with E-state index in [0.717, 1.165) is 5.56 Å². The fourth-order valence-corrected chi connectivity index (χ4v) is 1.48. The fourth-order valence-electron chi connectivity index (χ4n) is 1.16. The third kappa shape index (κ3) is 3.73. The van der Waals surface area contributed by atoms with Crippen molar-refractivity contribution in [2.75, 3.05) is 11.9 Å². The summed E-state index contributed by atoms with van der Waals surface area (Å²) in [6.07, 6.45) is 0.701. The van der Waals surface area contributed by atoms with E-state index < -0.39 is 0 Å². The lowest BCUT2D eigenvalue weighted by Gasteiger charge is -2.00. The topological polar surface area (TPSA) is 65.8 Å². The van der Waals surface area contributed by atoms with Crippen LogP contribution in [0.2, 0.25) is 0 Å². The molecule has 1 rings (SSSR count). The van der Waals surface area contributed by atoms with Crippen molar-refractivity contribution in [3.8, 4) is 0 Å². The van der Waals surface area contributed by atoms with E-state index in [4.69, 9.17) is 5.53 Å². The molecule has 0 N–H and O–H groups in total. The van der Waals surface area contributed by atoms with Crippen LogP contribution in [0.4, 0.5) is 0 Å². The van der Waals surface area contributed by atoms with Gasteiger partial charge in [-0.1, -0.05) is 45.3 Å². The average Bonchev–Trinajstić information content (AvgIpc) is 2.29. The number of halogens is 1. The van der Waals surface area contributed by atoms with Gasteiger partial charge >= 0.3 is 0 Å². The van der Waals surface area contributed by atoms with Gasteiger partial charge < -0.3 is 0 Å². The van der Waals surface area contributed by atoms with Crippen LogP contribution in [0.5, 0.6) is 0 Å². The molecule has 5 heteroatoms. The van der Waals surface area contributed by atoms with E-state index in [2.05, 4.69) is 26.0 Å². The normalized spacial score (nSPS) is 9.40. The van der Waals surface area contributed by atoms with Crippen LogP contribution in [0.15, 0.2) is 29.4 Å². The Balaban J connectivity index is 2.63. The number of Topliss-reactive ketones (excluding diaryl/α,β-unsaturated/α-hetero) is 1. The molecule has 0 aliphatic heterocycles. The second-order valence-electron chi connectivity index (χ2n) is 2.96. The van der Waals surface area contributed by atoms with Crippen molar-refractivity contribution in [1.29, 1.82) is 0 Å². The molecule has 15 heavy (non-hydrogen) atoms. The molecule has 0 fully saturated rings. The molecule has 0 aliphatic rings. The number of alkyl halides is 1. The van der Waals surface area contributed by atoms with Crippen LogP contribution >= 0.6 is 15.9 Å². The predicted octanol–water partition coefficient (Wildman–Crippen LogP) is 3.12. The average molecular weight is 268 g/mol. The first-order valence-corrected chi connectivity index (χ1v) is 5.59. The van der Waals surface area contributed by atoms with Crippen LogP contribution in [-0.2, 0) is 6.42 Å². The minimum atomic E-state index is 0.0663. The van der Waals surface area contributed by atoms with Crippen LogP contribution in [-0.4, -0.2) is 17.7 Å². The number of carbonyl (C=O) groups excluding carboxylic acids is 1. The smallest absolute Gasteiger partial charge is 0.173 e. The Hall–Kier alpha value is -1.32. The molecule has 0 aliphatic carbocycles. The highest BCUT2D eigenvalue weighted by atomic mass is 79.9. The van der Waals surface area contributed by atoms with Gasteiger partial charge in [0.25, 0.3) is 0 Å². The number of nitrogens with zero attached hydrogens (tertiary/aromatic N) is 3. The van der Waals surface area contributed by atoms with Gasteiger partial charge in [0.15, 0.2) is 5.78 Å². The Labute approximate surface area is 96.1 Å². The van der Waals surface area contributed by atoms with Gasteiger partial charge in [0, 0.05) is 17.0 Å². The molecule has 0 spiro atoms. The maximum Gasteiger partial charge on any atom is 0.173 e. The molecule has 0 amide bonds. The molecule has 0 atom stereocenters. The minimum Gasteiger partial charge on any atom is -0.293 e. The first kappa shape index (κ1) is 11.8. The lowest BCUT2D eigenvalue weighted by atomic mass is 10.1. The molecule has 1 aromatic carbocycles. The summed E-state index contributed by atoms with van der Waals surface area (Å²) in [4.78, 5) is 13.9. The molecule has 0 saturated carbocycles. The third-order valence-corrected chi connectivity index (χ3v) is 2.47. The van der Waals surface area contributed by atoms with Crippen LogP contribution in [0.1, 0.15) is 15.9 Å². The van der Waals surface area contributed by atoms with Gasteiger partial charge in [-0.25, -0.2) is 0 Å². The second-order valence-corrected chi connectivity index (χ2v) is 3.52. The summed E-state index contributed by atoms with van der Waals surface area (Å²) in [6, 6.07) is 7.33. The van der Waals surface area contributed by atoms with E-state index in [0.29, 0.717) is 23.9 Å². The molecule has 4 nitrogen and oxygen atoms in total. The standard InChI is InChI=1S/C10H10BrN3O/c11-7-10(15)9-3-1-8(2-4-9)5-6-13-14-12/h1-4H,5-7H2. The molecule has 0 saturated heterocycles. The molecule has 0 radical (unpaired) electrons. The van der Waals surface area contributed by atoms with Crippen molar-refractivity contribution in [3.63, 3.8) is 0 Å². The van der Waals surface area contributed by atoms with E-state index >= 15 is 0 Å². The highest BCUT2D eigenvalue weighted by Crippen LogP contribution is 2.07. The van der Waals surface area contributed by atoms with Gasteiger partial charge in [-0.3, -0.25) is 4.79 Å². The predicted molar refractivity (Wildman–Crippen MR) is 62.3 cm³/mol. The molecule has 0 heterocycles. The molecule has 0 bridgehead atoms. The largest absolute Gasteiger partial charge is 0.293 e. The zero-order valence-electron chi connectivity index (χ0n) is 8.06. The van der Waals surface area contributed by atoms with Gasteiger partial charge in [0.2, 0.25) is 0 Å². The Morgan fingerprint density at radius 1 is 1.40 bits per heavy atom. The SMILES string of the molecule is [N-]=[N+]=NCCc1ccc(C(=O)CBr)cc1. The zero-order valence-corrected chi connectivity index (χ0v) is 9.64. The van der Waals surface area contributed by atoms with Gasteiger partial charge in [-0.05, 0) is 17.5 Å². The van der Waals surface area contributed by atoms with Crippen molar-refractivity contribution in [1.82, 2.24) is 0 Å². The molecule has 1 aromatic rings. The highest BCUT2D eigenvalue weighted by Gasteiger charge is 2.02. The first-order valence-electron chi connectivity index (χ1n) is 4.47. The highest BCUT2D eigenvalue weighted by molar-refractivity contribution is 9.09. The van der Waals surface area contributed by atoms with E-state index in [1.54, 1.807) is 12.1 Å². The number of ketones is 1. The summed E-state index contributed by atoms with van der Waals surface area (Å²) in [5.74, 6) is 0.0663. The number of benzene rings is 1. The maximum absolute atomic E-state index is 11.3. The van der Waals surface area contributed by atoms with E-state index in [-0.39, 0.29) is 5.78 Å². The van der Waals surface area contributed by atoms with Crippen molar-refractivity contribution >= 4 is 21.7 Å². The summed E-state index contributed by atoms with van der Waals surface area (Å²) in [5.41, 5.74) is 9.86. The van der Waals surface area contributed by atoms with Crippen molar-refractivity contribution in [2.45, 2.75) is 6.42 Å². The maximum atomic E-state index is 11.3. The van der Waals surface area contributed by atoms with Gasteiger partial charge in [0.1, 0.15) is 0 Å². The van der Waals surface area contributed by atoms with Crippen molar-refractivity contribution in [2.24, 2.45) is 5.11 Å². The molecule has 0 unspecified atom stereocenters. The van der Waals surface area contributed by atoms with E-state index in [1.165, 1.54) is 0 Å². The summed E-state index contributed by atoms with van der Waals surface area (Å²) in [7, 11) is 0. The van der Waals surface area contributed by atoms with Gasteiger partial charge in [-0.2, -0.15) is 0 Å². The second kappa shape index (κ2) is 6.22. The van der Waals surface area contributed by atoms with Crippen molar-refractivity contribution in [3.05, 3.63) is 45.8 Å². The minimum absolute atomic E-state index is 0.0663.